The fraction of sp³-hybridized carbons (Fsp3) is 0.458. The third-order valence-corrected chi connectivity index (χ3v) is 6.39. The molecule has 4 amide bonds. The summed E-state index contributed by atoms with van der Waals surface area (Å²) in [5.41, 5.74) is 12.7. The molecule has 0 spiro atoms. The first-order valence-corrected chi connectivity index (χ1v) is 13.1. The van der Waals surface area contributed by atoms with Crippen molar-refractivity contribution in [2.75, 3.05) is 12.0 Å². The van der Waals surface area contributed by atoms with Gasteiger partial charge in [-0.2, -0.15) is 11.8 Å². The number of fused-ring (bicyclic) bond motifs is 1. The quantitative estimate of drug-likeness (QED) is 0.160. The second-order valence-electron chi connectivity index (χ2n) is 8.65. The Labute approximate surface area is 218 Å². The fourth-order valence-corrected chi connectivity index (χ4v) is 4.08. The highest BCUT2D eigenvalue weighted by molar-refractivity contribution is 7.98. The van der Waals surface area contributed by atoms with E-state index in [0.29, 0.717) is 12.2 Å². The van der Waals surface area contributed by atoms with E-state index in [1.165, 1.54) is 18.7 Å². The van der Waals surface area contributed by atoms with Crippen LogP contribution in [0, 0.1) is 0 Å². The average Bonchev–Trinajstić information content (AvgIpc) is 3.26. The predicted molar refractivity (Wildman–Crippen MR) is 141 cm³/mol. The molecule has 13 heteroatoms. The first kappa shape index (κ1) is 29.6. The number of thioether (sulfide) groups is 1. The summed E-state index contributed by atoms with van der Waals surface area (Å²) in [7, 11) is 0. The van der Waals surface area contributed by atoms with Crippen molar-refractivity contribution < 1.29 is 29.1 Å². The van der Waals surface area contributed by atoms with Gasteiger partial charge in [-0.25, -0.2) is 0 Å². The first-order valence-electron chi connectivity index (χ1n) is 11.7. The van der Waals surface area contributed by atoms with Gasteiger partial charge < -0.3 is 37.5 Å². The molecule has 1 aromatic carbocycles. The second-order valence-corrected chi connectivity index (χ2v) is 9.63. The van der Waals surface area contributed by atoms with Gasteiger partial charge >= 0.3 is 5.97 Å². The molecular formula is C24H34N6O6S. The van der Waals surface area contributed by atoms with Crippen LogP contribution < -0.4 is 27.4 Å². The van der Waals surface area contributed by atoms with Gasteiger partial charge in [0.2, 0.25) is 23.6 Å². The highest BCUT2D eigenvalue weighted by Gasteiger charge is 2.30. The number of aromatic nitrogens is 1. The minimum Gasteiger partial charge on any atom is -0.480 e. The standard InChI is InChI=1S/C24H34N6O6S/c1-13(24(35)36)28-23(34)19(11-14-12-27-17-6-4-3-5-15(14)17)30-22(33)18(7-8-20(26)31)29-21(32)16(25)9-10-37-2/h3-6,12-13,16,18-19,27H,7-11,25H2,1-2H3,(H2,26,31)(H,28,34)(H,29,32)(H,30,33)(H,35,36). The Morgan fingerprint density at radius 2 is 1.65 bits per heavy atom. The number of hydrogen-bond donors (Lipinski definition) is 7. The van der Waals surface area contributed by atoms with E-state index in [1.807, 2.05) is 30.5 Å². The number of benzene rings is 1. The Hall–Kier alpha value is -3.58. The van der Waals surface area contributed by atoms with Crippen molar-refractivity contribution in [1.29, 1.82) is 0 Å². The van der Waals surface area contributed by atoms with Crippen LogP contribution in [0.3, 0.4) is 0 Å². The van der Waals surface area contributed by atoms with Gasteiger partial charge in [-0.1, -0.05) is 18.2 Å². The molecule has 0 saturated heterocycles. The molecule has 1 heterocycles. The Morgan fingerprint density at radius 1 is 1.00 bits per heavy atom. The number of aliphatic carboxylic acids is 1. The zero-order chi connectivity index (χ0) is 27.5. The van der Waals surface area contributed by atoms with Gasteiger partial charge in [-0.15, -0.1) is 0 Å². The van der Waals surface area contributed by atoms with Crippen molar-refractivity contribution in [3.05, 3.63) is 36.0 Å². The van der Waals surface area contributed by atoms with Crippen LogP contribution in [0.15, 0.2) is 30.5 Å². The summed E-state index contributed by atoms with van der Waals surface area (Å²) in [6.45, 7) is 1.30. The van der Waals surface area contributed by atoms with Crippen molar-refractivity contribution >= 4 is 52.3 Å². The molecule has 1 aromatic heterocycles. The molecule has 0 radical (unpaired) electrons. The number of para-hydroxylation sites is 1. The largest absolute Gasteiger partial charge is 0.480 e. The third kappa shape index (κ3) is 9.10. The molecule has 9 N–H and O–H groups in total. The molecule has 202 valence electrons. The molecule has 0 aliphatic carbocycles. The molecule has 37 heavy (non-hydrogen) atoms. The van der Waals surface area contributed by atoms with Crippen LogP contribution in [0.5, 0.6) is 0 Å². The Balaban J connectivity index is 2.26. The summed E-state index contributed by atoms with van der Waals surface area (Å²) in [6.07, 6.45) is 3.71. The molecule has 0 bridgehead atoms. The zero-order valence-corrected chi connectivity index (χ0v) is 21.6. The van der Waals surface area contributed by atoms with Crippen LogP contribution in [0.1, 0.15) is 31.7 Å². The van der Waals surface area contributed by atoms with E-state index in [9.17, 15) is 29.1 Å². The number of carboxylic acid groups (broad SMARTS) is 1. The van der Waals surface area contributed by atoms with Gasteiger partial charge in [0.15, 0.2) is 0 Å². The molecule has 0 aliphatic heterocycles. The van der Waals surface area contributed by atoms with Crippen molar-refractivity contribution in [3.63, 3.8) is 0 Å². The van der Waals surface area contributed by atoms with Gasteiger partial charge in [0.25, 0.3) is 0 Å². The minimum absolute atomic E-state index is 0.0393. The van der Waals surface area contributed by atoms with E-state index in [0.717, 1.165) is 16.5 Å². The lowest BCUT2D eigenvalue weighted by atomic mass is 10.0. The number of rotatable bonds is 15. The van der Waals surface area contributed by atoms with Crippen molar-refractivity contribution in [2.24, 2.45) is 11.5 Å². The number of primary amides is 1. The lowest BCUT2D eigenvalue weighted by molar-refractivity contribution is -0.141. The maximum absolute atomic E-state index is 13.2. The lowest BCUT2D eigenvalue weighted by Gasteiger charge is -2.24. The van der Waals surface area contributed by atoms with Gasteiger partial charge in [-0.3, -0.25) is 24.0 Å². The summed E-state index contributed by atoms with van der Waals surface area (Å²) in [4.78, 5) is 64.5. The number of nitrogens with two attached hydrogens (primary N) is 2. The van der Waals surface area contributed by atoms with E-state index in [4.69, 9.17) is 11.5 Å². The molecule has 2 rings (SSSR count). The summed E-state index contributed by atoms with van der Waals surface area (Å²) in [5, 5.41) is 17.6. The maximum atomic E-state index is 13.2. The highest BCUT2D eigenvalue weighted by atomic mass is 32.2. The van der Waals surface area contributed by atoms with Crippen LogP contribution in [0.4, 0.5) is 0 Å². The van der Waals surface area contributed by atoms with Crippen molar-refractivity contribution in [2.45, 2.75) is 56.8 Å². The Kier molecular flexibility index (Phi) is 11.4. The zero-order valence-electron chi connectivity index (χ0n) is 20.8. The van der Waals surface area contributed by atoms with Gasteiger partial charge in [0.1, 0.15) is 18.1 Å². The number of nitrogens with one attached hydrogen (secondary N) is 4. The molecule has 0 saturated carbocycles. The number of carboxylic acids is 1. The average molecular weight is 535 g/mol. The lowest BCUT2D eigenvalue weighted by Crippen LogP contribution is -2.57. The number of hydrogen-bond acceptors (Lipinski definition) is 7. The molecule has 12 nitrogen and oxygen atoms in total. The van der Waals surface area contributed by atoms with Crippen LogP contribution in [-0.2, 0) is 30.4 Å². The molecule has 0 aliphatic rings. The highest BCUT2D eigenvalue weighted by Crippen LogP contribution is 2.19. The topological polar surface area (TPSA) is 209 Å². The van der Waals surface area contributed by atoms with E-state index < -0.39 is 53.8 Å². The Morgan fingerprint density at radius 3 is 2.30 bits per heavy atom. The van der Waals surface area contributed by atoms with E-state index >= 15 is 0 Å². The van der Waals surface area contributed by atoms with Crippen LogP contribution in [0.25, 0.3) is 10.9 Å². The summed E-state index contributed by atoms with van der Waals surface area (Å²) < 4.78 is 0. The van der Waals surface area contributed by atoms with Gasteiger partial charge in [0.05, 0.1) is 6.04 Å². The van der Waals surface area contributed by atoms with Crippen LogP contribution >= 0.6 is 11.8 Å². The maximum Gasteiger partial charge on any atom is 0.325 e. The number of aromatic amines is 1. The normalized spacial score (nSPS) is 14.2. The number of carbonyl (C=O) groups is 5. The van der Waals surface area contributed by atoms with Crippen molar-refractivity contribution in [1.82, 2.24) is 20.9 Å². The monoisotopic (exact) mass is 534 g/mol. The number of amides is 4. The smallest absolute Gasteiger partial charge is 0.325 e. The molecular weight excluding hydrogens is 500 g/mol. The number of H-pyrrole nitrogens is 1. The fourth-order valence-electron chi connectivity index (χ4n) is 3.59. The number of carbonyl (C=O) groups excluding carboxylic acids is 4. The van der Waals surface area contributed by atoms with Crippen molar-refractivity contribution in [3.8, 4) is 0 Å². The van der Waals surface area contributed by atoms with E-state index in [2.05, 4.69) is 20.9 Å². The van der Waals surface area contributed by atoms with Gasteiger partial charge in [0, 0.05) is 29.9 Å². The first-order chi connectivity index (χ1) is 17.5. The summed E-state index contributed by atoms with van der Waals surface area (Å²) in [6, 6.07) is 2.96. The molecule has 4 unspecified atom stereocenters. The van der Waals surface area contributed by atoms with Gasteiger partial charge in [-0.05, 0) is 43.4 Å². The molecule has 2 aromatic rings. The summed E-state index contributed by atoms with van der Waals surface area (Å²) >= 11 is 1.52. The Bertz CT molecular complexity index is 1120. The molecule has 0 fully saturated rings. The predicted octanol–water partition coefficient (Wildman–Crippen LogP) is -0.385. The minimum atomic E-state index is -1.24. The van der Waals surface area contributed by atoms with Crippen LogP contribution in [-0.4, -0.2) is 75.9 Å². The molecule has 4 atom stereocenters. The van der Waals surface area contributed by atoms with Crippen LogP contribution in [0.2, 0.25) is 0 Å². The SMILES string of the molecule is CSCCC(N)C(=O)NC(CCC(N)=O)C(=O)NC(Cc1c[nH]c2ccccc12)C(=O)NC(C)C(=O)O. The van der Waals surface area contributed by atoms with E-state index in [1.54, 1.807) is 6.20 Å². The summed E-state index contributed by atoms with van der Waals surface area (Å²) in [5.74, 6) is -3.28. The second kappa shape index (κ2) is 14.2. The van der Waals surface area contributed by atoms with E-state index in [-0.39, 0.29) is 19.3 Å². The third-order valence-electron chi connectivity index (χ3n) is 5.74.